The summed E-state index contributed by atoms with van der Waals surface area (Å²) in [5, 5.41) is 3.04. The summed E-state index contributed by atoms with van der Waals surface area (Å²) in [5.41, 5.74) is 3.28. The third-order valence-electron chi connectivity index (χ3n) is 3.27. The van der Waals surface area contributed by atoms with Gasteiger partial charge in [0.1, 0.15) is 5.01 Å². The van der Waals surface area contributed by atoms with Crippen molar-refractivity contribution in [1.82, 2.24) is 4.98 Å². The second-order valence-electron chi connectivity index (χ2n) is 5.09. The molecule has 21 heavy (non-hydrogen) atoms. The molecular weight excluding hydrogens is 302 g/mol. The lowest BCUT2D eigenvalue weighted by Crippen LogP contribution is -1.96. The van der Waals surface area contributed by atoms with Gasteiger partial charge in [-0.3, -0.25) is 0 Å². The van der Waals surface area contributed by atoms with Crippen molar-refractivity contribution in [3.63, 3.8) is 0 Å². The lowest BCUT2D eigenvalue weighted by Gasteiger charge is -2.05. The van der Waals surface area contributed by atoms with E-state index in [1.54, 1.807) is 11.3 Å². The summed E-state index contributed by atoms with van der Waals surface area (Å²) in [6.07, 6.45) is 4.97. The number of rotatable bonds is 9. The minimum absolute atomic E-state index is 0.469. The van der Waals surface area contributed by atoms with Crippen LogP contribution in [0, 0.1) is 0 Å². The summed E-state index contributed by atoms with van der Waals surface area (Å²) in [6, 6.07) is 8.41. The van der Waals surface area contributed by atoms with E-state index in [1.807, 2.05) is 5.38 Å². The van der Waals surface area contributed by atoms with Crippen LogP contribution in [0.1, 0.15) is 43.9 Å². The molecule has 2 aromatic rings. The minimum atomic E-state index is 0.469. The maximum absolute atomic E-state index is 5.80. The number of unbranched alkanes of at least 4 members (excludes halogenated alkanes) is 3. The number of hydrogen-bond acceptors (Lipinski definition) is 3. The van der Waals surface area contributed by atoms with E-state index in [4.69, 9.17) is 16.3 Å². The van der Waals surface area contributed by atoms with Crippen molar-refractivity contribution < 1.29 is 4.74 Å². The number of alkyl halides is 1. The lowest BCUT2D eigenvalue weighted by atomic mass is 10.1. The maximum atomic E-state index is 5.80. The third-order valence-corrected chi connectivity index (χ3v) is 4.49. The number of thiazole rings is 1. The number of aromatic nitrogens is 1. The molecule has 0 aliphatic carbocycles. The molecule has 1 aromatic heterocycles. The Morgan fingerprint density at radius 2 is 2.14 bits per heavy atom. The maximum Gasteiger partial charge on any atom is 0.123 e. The second kappa shape index (κ2) is 9.19. The molecule has 0 saturated carbocycles. The monoisotopic (exact) mass is 323 g/mol. The van der Waals surface area contributed by atoms with Gasteiger partial charge in [0.2, 0.25) is 0 Å². The highest BCUT2D eigenvalue weighted by molar-refractivity contribution is 7.13. The van der Waals surface area contributed by atoms with Gasteiger partial charge < -0.3 is 4.74 Å². The molecule has 0 radical (unpaired) electrons. The van der Waals surface area contributed by atoms with E-state index < -0.39 is 0 Å². The highest BCUT2D eigenvalue weighted by Crippen LogP contribution is 2.25. The summed E-state index contributed by atoms with van der Waals surface area (Å²) < 4.78 is 5.75. The summed E-state index contributed by atoms with van der Waals surface area (Å²) >= 11 is 7.44. The first-order chi connectivity index (χ1) is 10.3. The molecule has 4 heteroatoms. The van der Waals surface area contributed by atoms with Gasteiger partial charge in [0.05, 0.1) is 18.2 Å². The Bertz CT molecular complexity index is 541. The Labute approximate surface area is 136 Å². The smallest absolute Gasteiger partial charge is 0.123 e. The van der Waals surface area contributed by atoms with Gasteiger partial charge in [0, 0.05) is 17.6 Å². The zero-order valence-corrected chi connectivity index (χ0v) is 14.1. The first-order valence-electron chi connectivity index (χ1n) is 7.51. The molecule has 0 saturated heterocycles. The number of ether oxygens (including phenoxy) is 1. The zero-order valence-electron chi connectivity index (χ0n) is 12.5. The largest absolute Gasteiger partial charge is 0.377 e. The molecule has 0 fully saturated rings. The molecule has 0 unspecified atom stereocenters. The van der Waals surface area contributed by atoms with Gasteiger partial charge in [-0.1, -0.05) is 44.4 Å². The fraction of sp³-hybridized carbons (Fsp3) is 0.471. The number of hydrogen-bond donors (Lipinski definition) is 0. The van der Waals surface area contributed by atoms with Crippen LogP contribution in [0.15, 0.2) is 29.6 Å². The quantitative estimate of drug-likeness (QED) is 0.439. The fourth-order valence-electron chi connectivity index (χ4n) is 2.12. The van der Waals surface area contributed by atoms with Crippen LogP contribution in [0.5, 0.6) is 0 Å². The Morgan fingerprint density at radius 1 is 1.24 bits per heavy atom. The van der Waals surface area contributed by atoms with Crippen molar-refractivity contribution in [2.75, 3.05) is 6.61 Å². The normalized spacial score (nSPS) is 11.0. The SMILES string of the molecule is CCCCCCOCc1cccc(-c2nc(CCl)cs2)c1. The van der Waals surface area contributed by atoms with E-state index >= 15 is 0 Å². The van der Waals surface area contributed by atoms with Crippen LogP contribution in [0.3, 0.4) is 0 Å². The lowest BCUT2D eigenvalue weighted by molar-refractivity contribution is 0.117. The first kappa shape index (κ1) is 16.5. The second-order valence-corrected chi connectivity index (χ2v) is 6.22. The van der Waals surface area contributed by atoms with Crippen molar-refractivity contribution in [2.45, 2.75) is 45.1 Å². The Kier molecular flexibility index (Phi) is 7.20. The van der Waals surface area contributed by atoms with Crippen LogP contribution in [0.2, 0.25) is 0 Å². The fourth-order valence-corrected chi connectivity index (χ4v) is 3.16. The number of nitrogens with zero attached hydrogens (tertiary/aromatic N) is 1. The van der Waals surface area contributed by atoms with E-state index in [9.17, 15) is 0 Å². The molecular formula is C17H22ClNOS. The van der Waals surface area contributed by atoms with E-state index in [2.05, 4.69) is 36.2 Å². The van der Waals surface area contributed by atoms with Gasteiger partial charge >= 0.3 is 0 Å². The van der Waals surface area contributed by atoms with Crippen molar-refractivity contribution in [2.24, 2.45) is 0 Å². The topological polar surface area (TPSA) is 22.1 Å². The summed E-state index contributed by atoms with van der Waals surface area (Å²) in [4.78, 5) is 4.52. The molecule has 0 aliphatic heterocycles. The molecule has 114 valence electrons. The van der Waals surface area contributed by atoms with Crippen LogP contribution < -0.4 is 0 Å². The van der Waals surface area contributed by atoms with Crippen molar-refractivity contribution in [3.8, 4) is 10.6 Å². The van der Waals surface area contributed by atoms with Crippen LogP contribution in [0.25, 0.3) is 10.6 Å². The Hall–Kier alpha value is -0.900. The van der Waals surface area contributed by atoms with E-state index in [0.717, 1.165) is 29.3 Å². The van der Waals surface area contributed by atoms with Gasteiger partial charge in [0.15, 0.2) is 0 Å². The number of benzene rings is 1. The number of halogens is 1. The van der Waals surface area contributed by atoms with Crippen molar-refractivity contribution >= 4 is 22.9 Å². The van der Waals surface area contributed by atoms with Gasteiger partial charge in [-0.05, 0) is 18.1 Å². The molecule has 0 bridgehead atoms. The standard InChI is InChI=1S/C17H22ClNOS/c1-2-3-4-5-9-20-12-14-7-6-8-15(10-14)17-19-16(11-18)13-21-17/h6-8,10,13H,2-5,9,11-12H2,1H3. The van der Waals surface area contributed by atoms with Crippen molar-refractivity contribution in [1.29, 1.82) is 0 Å². The molecule has 0 N–H and O–H groups in total. The van der Waals surface area contributed by atoms with Crippen LogP contribution in [0.4, 0.5) is 0 Å². The molecule has 0 atom stereocenters. The zero-order chi connectivity index (χ0) is 14.9. The predicted molar refractivity (Wildman–Crippen MR) is 90.9 cm³/mol. The van der Waals surface area contributed by atoms with Gasteiger partial charge in [-0.15, -0.1) is 22.9 Å². The molecule has 0 aliphatic rings. The van der Waals surface area contributed by atoms with Crippen molar-refractivity contribution in [3.05, 3.63) is 40.9 Å². The Morgan fingerprint density at radius 3 is 2.90 bits per heavy atom. The van der Waals surface area contributed by atoms with E-state index in [0.29, 0.717) is 12.5 Å². The van der Waals surface area contributed by atoms with Crippen LogP contribution >= 0.6 is 22.9 Å². The summed E-state index contributed by atoms with van der Waals surface area (Å²) in [5.74, 6) is 0.469. The van der Waals surface area contributed by atoms with Crippen LogP contribution in [-0.4, -0.2) is 11.6 Å². The highest BCUT2D eigenvalue weighted by Gasteiger charge is 2.05. The average Bonchev–Trinajstić information content (AvgIpc) is 3.00. The molecule has 0 amide bonds. The molecule has 1 heterocycles. The average molecular weight is 324 g/mol. The predicted octanol–water partition coefficient (Wildman–Crippen LogP) is 5.65. The minimum Gasteiger partial charge on any atom is -0.377 e. The molecule has 2 rings (SSSR count). The Balaban J connectivity index is 1.86. The summed E-state index contributed by atoms with van der Waals surface area (Å²) in [6.45, 7) is 3.74. The molecule has 0 spiro atoms. The first-order valence-corrected chi connectivity index (χ1v) is 8.92. The van der Waals surface area contributed by atoms with Gasteiger partial charge in [-0.25, -0.2) is 4.98 Å². The van der Waals surface area contributed by atoms with Gasteiger partial charge in [-0.2, -0.15) is 0 Å². The van der Waals surface area contributed by atoms with E-state index in [-0.39, 0.29) is 0 Å². The summed E-state index contributed by atoms with van der Waals surface area (Å²) in [7, 11) is 0. The van der Waals surface area contributed by atoms with Crippen LogP contribution in [-0.2, 0) is 17.2 Å². The third kappa shape index (κ3) is 5.42. The highest BCUT2D eigenvalue weighted by atomic mass is 35.5. The van der Waals surface area contributed by atoms with E-state index in [1.165, 1.54) is 24.8 Å². The molecule has 1 aromatic carbocycles. The molecule has 2 nitrogen and oxygen atoms in total. The van der Waals surface area contributed by atoms with Gasteiger partial charge in [0.25, 0.3) is 0 Å².